The van der Waals surface area contributed by atoms with Crippen molar-refractivity contribution in [1.82, 2.24) is 5.32 Å². The summed E-state index contributed by atoms with van der Waals surface area (Å²) in [4.78, 5) is 28.1. The second-order valence-corrected chi connectivity index (χ2v) is 14.6. The van der Waals surface area contributed by atoms with Gasteiger partial charge in [-0.25, -0.2) is 15.0 Å². The third kappa shape index (κ3) is 5.84. The van der Waals surface area contributed by atoms with Crippen LogP contribution in [-0.4, -0.2) is 57.4 Å². The highest BCUT2D eigenvalue weighted by Crippen LogP contribution is 2.46. The van der Waals surface area contributed by atoms with Gasteiger partial charge in [0.25, 0.3) is 0 Å². The van der Waals surface area contributed by atoms with Gasteiger partial charge < -0.3 is 25.4 Å². The number of nitrogens with zero attached hydrogens (tertiary/aromatic N) is 3. The first kappa shape index (κ1) is 33.8. The molecule has 0 spiro atoms. The van der Waals surface area contributed by atoms with Crippen LogP contribution in [0, 0.1) is 11.8 Å². The van der Waals surface area contributed by atoms with Crippen LogP contribution in [0.2, 0.25) is 0 Å². The molecule has 3 atom stereocenters. The molecule has 5 aliphatic heterocycles. The van der Waals surface area contributed by atoms with Crippen molar-refractivity contribution in [2.24, 2.45) is 26.8 Å². The second-order valence-electron chi connectivity index (χ2n) is 13.5. The molecule has 0 aromatic heterocycles. The predicted octanol–water partition coefficient (Wildman–Crippen LogP) is 7.68. The lowest BCUT2D eigenvalue weighted by Crippen LogP contribution is -2.16. The van der Waals surface area contributed by atoms with E-state index in [4.69, 9.17) is 19.7 Å². The van der Waals surface area contributed by atoms with E-state index >= 15 is 0 Å². The number of allylic oxidation sites excluding steroid dienone is 11. The first-order valence-electron chi connectivity index (χ1n) is 17.1. The van der Waals surface area contributed by atoms with E-state index in [0.29, 0.717) is 24.3 Å². The van der Waals surface area contributed by atoms with Crippen LogP contribution in [0.5, 0.6) is 5.75 Å². The van der Waals surface area contributed by atoms with E-state index in [9.17, 15) is 20.1 Å². The highest BCUT2D eigenvalue weighted by atomic mass is 32.2. The molecule has 1 fully saturated rings. The minimum absolute atomic E-state index is 0.0225. The molecule has 9 nitrogen and oxygen atoms in total. The number of nitrogens with one attached hydrogen (secondary N) is 1. The Labute approximate surface area is 296 Å². The van der Waals surface area contributed by atoms with Crippen molar-refractivity contribution >= 4 is 34.9 Å². The summed E-state index contributed by atoms with van der Waals surface area (Å²) in [7, 11) is 1.64. The van der Waals surface area contributed by atoms with Crippen molar-refractivity contribution in [2.75, 3.05) is 12.9 Å². The van der Waals surface area contributed by atoms with E-state index in [1.54, 1.807) is 18.9 Å². The zero-order valence-electron chi connectivity index (χ0n) is 29.2. The third-order valence-corrected chi connectivity index (χ3v) is 11.7. The fourth-order valence-electron chi connectivity index (χ4n) is 7.75. The van der Waals surface area contributed by atoms with Gasteiger partial charge in [-0.05, 0) is 98.4 Å². The third-order valence-electron chi connectivity index (χ3n) is 10.6. The lowest BCUT2D eigenvalue weighted by molar-refractivity contribution is -0.137. The molecule has 0 amide bonds. The van der Waals surface area contributed by atoms with E-state index in [1.165, 1.54) is 0 Å². The minimum atomic E-state index is -0.846. The summed E-state index contributed by atoms with van der Waals surface area (Å²) in [6.45, 7) is 10.3. The van der Waals surface area contributed by atoms with Gasteiger partial charge in [0.05, 0.1) is 47.4 Å². The summed E-state index contributed by atoms with van der Waals surface area (Å²) in [5.41, 5.74) is 12.7. The van der Waals surface area contributed by atoms with Gasteiger partial charge in [0.1, 0.15) is 11.5 Å². The van der Waals surface area contributed by atoms with Gasteiger partial charge in [0, 0.05) is 63.4 Å². The standard InChI is InChI=1S/C40H42N4O5S/c1-7-25-19(2)28-17-33-37(35(46)18-50-24-10-8-23(49-6)9-11-24)21(4)30(42-33)15-29-20(3)26(12-13-36(47)48)39(43-29)27-14-34(45)38-22(5)31(44-40(27)38)16-32(25)41-28/h8-11,15-17,20,26,35,43,45-46H,7,12-14,18H2,1-6H3,(H,47,48)/t20-,26-,35?/m0/s1. The van der Waals surface area contributed by atoms with Crippen LogP contribution in [0.3, 0.4) is 0 Å². The van der Waals surface area contributed by atoms with Crippen molar-refractivity contribution in [3.8, 4) is 5.75 Å². The summed E-state index contributed by atoms with van der Waals surface area (Å²) in [6, 6.07) is 7.80. The van der Waals surface area contributed by atoms with Crippen LogP contribution in [0.1, 0.15) is 60.3 Å². The van der Waals surface area contributed by atoms with Gasteiger partial charge in [-0.1, -0.05) is 13.8 Å². The molecule has 1 aromatic carbocycles. The Morgan fingerprint density at radius 3 is 2.44 bits per heavy atom. The molecule has 4 N–H and O–H groups in total. The quantitative estimate of drug-likeness (QED) is 0.195. The molecule has 1 unspecified atom stereocenters. The second kappa shape index (κ2) is 13.2. The molecule has 258 valence electrons. The molecule has 10 heteroatoms. The number of fused-ring (bicyclic) bond motifs is 5. The number of carbonyl (C=O) groups is 1. The number of aliphatic imine (C=N–C) groups is 3. The molecular weight excluding hydrogens is 649 g/mol. The Morgan fingerprint density at radius 1 is 1.02 bits per heavy atom. The molecule has 6 aliphatic rings. The van der Waals surface area contributed by atoms with Crippen LogP contribution >= 0.6 is 11.8 Å². The number of aliphatic hydroxyl groups excluding tert-OH is 2. The van der Waals surface area contributed by atoms with Crippen LogP contribution in [0.25, 0.3) is 0 Å². The van der Waals surface area contributed by atoms with Gasteiger partial charge in [-0.3, -0.25) is 4.79 Å². The first-order valence-corrected chi connectivity index (χ1v) is 18.1. The highest BCUT2D eigenvalue weighted by Gasteiger charge is 2.41. The summed E-state index contributed by atoms with van der Waals surface area (Å²) < 4.78 is 5.31. The zero-order valence-corrected chi connectivity index (χ0v) is 30.0. The molecule has 1 aromatic rings. The minimum Gasteiger partial charge on any atom is -0.511 e. The molecular formula is C40H42N4O5S. The van der Waals surface area contributed by atoms with Gasteiger partial charge in [0.2, 0.25) is 0 Å². The summed E-state index contributed by atoms with van der Waals surface area (Å²) in [5.74, 6) is 0.474. The van der Waals surface area contributed by atoms with Crippen molar-refractivity contribution in [2.45, 2.75) is 71.3 Å². The molecule has 8 bridgehead atoms. The average Bonchev–Trinajstić information content (AvgIpc) is 3.85. The SMILES string of the molecule is CCC1=C(C)C2=NC1=CC1=C(C)C3=C(O)CC(=C4NC(=CC5=NC(=C2)C(C(O)CSc2ccc(OC)cc2)=C5C)[C@@H](C)[C@@H]4CCC(=O)O)C3=N1. The number of carboxylic acid groups (broad SMARTS) is 1. The van der Waals surface area contributed by atoms with Crippen molar-refractivity contribution < 1.29 is 24.9 Å². The zero-order chi connectivity index (χ0) is 35.4. The number of aliphatic hydroxyl groups is 2. The van der Waals surface area contributed by atoms with Gasteiger partial charge in [0.15, 0.2) is 0 Å². The number of aliphatic carboxylic acids is 1. The van der Waals surface area contributed by atoms with Crippen molar-refractivity contribution in [3.05, 3.63) is 116 Å². The Bertz CT molecular complexity index is 2070. The van der Waals surface area contributed by atoms with Gasteiger partial charge >= 0.3 is 5.97 Å². The monoisotopic (exact) mass is 690 g/mol. The van der Waals surface area contributed by atoms with Crippen LogP contribution in [0.15, 0.2) is 136 Å². The number of ether oxygens (including phenoxy) is 1. The van der Waals surface area contributed by atoms with Gasteiger partial charge in [-0.2, -0.15) is 0 Å². The van der Waals surface area contributed by atoms with E-state index in [1.807, 2.05) is 56.3 Å². The number of thioether (sulfide) groups is 1. The lowest BCUT2D eigenvalue weighted by atomic mass is 9.86. The molecule has 0 saturated carbocycles. The lowest BCUT2D eigenvalue weighted by Gasteiger charge is -2.17. The van der Waals surface area contributed by atoms with Crippen molar-refractivity contribution in [1.29, 1.82) is 0 Å². The summed E-state index contributed by atoms with van der Waals surface area (Å²) in [6.07, 6.45) is 6.79. The Hall–Kier alpha value is -4.67. The number of rotatable bonds is 9. The van der Waals surface area contributed by atoms with E-state index in [2.05, 4.69) is 26.1 Å². The fraction of sp³-hybridized carbons (Fsp3) is 0.350. The Morgan fingerprint density at radius 2 is 1.74 bits per heavy atom. The first-order chi connectivity index (χ1) is 24.0. The number of hydrogen-bond acceptors (Lipinski definition) is 9. The molecule has 1 aliphatic carbocycles. The maximum Gasteiger partial charge on any atom is 0.303 e. The van der Waals surface area contributed by atoms with Crippen LogP contribution in [0.4, 0.5) is 0 Å². The topological polar surface area (TPSA) is 136 Å². The van der Waals surface area contributed by atoms with E-state index < -0.39 is 12.1 Å². The summed E-state index contributed by atoms with van der Waals surface area (Å²) in [5, 5.41) is 36.3. The Balaban J connectivity index is 1.37. The highest BCUT2D eigenvalue weighted by molar-refractivity contribution is 7.99. The number of hydrogen-bond donors (Lipinski definition) is 4. The molecule has 50 heavy (non-hydrogen) atoms. The number of carboxylic acids is 1. The molecule has 1 saturated heterocycles. The maximum atomic E-state index is 11.8. The fourth-order valence-corrected chi connectivity index (χ4v) is 8.60. The molecule has 5 heterocycles. The van der Waals surface area contributed by atoms with E-state index in [-0.39, 0.29) is 24.0 Å². The van der Waals surface area contributed by atoms with Gasteiger partial charge in [-0.15, -0.1) is 11.8 Å². The number of benzene rings is 1. The predicted molar refractivity (Wildman–Crippen MR) is 199 cm³/mol. The number of methoxy groups -OCH3 is 1. The average molecular weight is 691 g/mol. The van der Waals surface area contributed by atoms with E-state index in [0.717, 1.165) is 96.0 Å². The molecule has 0 radical (unpaired) electrons. The Kier molecular flexibility index (Phi) is 8.94. The summed E-state index contributed by atoms with van der Waals surface area (Å²) >= 11 is 1.57. The maximum absolute atomic E-state index is 11.8. The van der Waals surface area contributed by atoms with Crippen molar-refractivity contribution in [3.63, 3.8) is 0 Å². The van der Waals surface area contributed by atoms with Crippen LogP contribution in [-0.2, 0) is 4.79 Å². The largest absolute Gasteiger partial charge is 0.511 e. The van der Waals surface area contributed by atoms with Crippen LogP contribution < -0.4 is 10.1 Å². The molecule has 7 rings (SSSR count). The smallest absolute Gasteiger partial charge is 0.303 e. The normalized spacial score (nSPS) is 23.3.